The van der Waals surface area contributed by atoms with Gasteiger partial charge in [0.1, 0.15) is 5.69 Å². The Labute approximate surface area is 78.7 Å². The number of halogens is 2. The van der Waals surface area contributed by atoms with Gasteiger partial charge in [-0.2, -0.15) is 0 Å². The number of hydrogen-bond acceptors (Lipinski definition) is 1. The summed E-state index contributed by atoms with van der Waals surface area (Å²) in [7, 11) is 0. The number of aromatic carboxylic acids is 1. The van der Waals surface area contributed by atoms with Crippen molar-refractivity contribution in [1.29, 1.82) is 0 Å². The summed E-state index contributed by atoms with van der Waals surface area (Å²) in [4.78, 5) is 13.2. The number of rotatable bonds is 1. The zero-order valence-corrected chi connectivity index (χ0v) is 7.53. The largest absolute Gasteiger partial charge is 0.477 e. The van der Waals surface area contributed by atoms with E-state index >= 15 is 0 Å². The molecule has 0 atom stereocenters. The van der Waals surface area contributed by atoms with Crippen LogP contribution in [0.4, 0.5) is 8.78 Å². The third kappa shape index (κ3) is 1.20. The SMILES string of the molecule is Cc1c(C(=O)O)[nH]c2c1CC(F)(F)C2. The fourth-order valence-electron chi connectivity index (χ4n) is 1.88. The molecule has 1 heterocycles. The molecule has 0 fully saturated rings. The monoisotopic (exact) mass is 201 g/mol. The maximum Gasteiger partial charge on any atom is 0.352 e. The lowest BCUT2D eigenvalue weighted by molar-refractivity contribution is 0.0121. The van der Waals surface area contributed by atoms with E-state index in [-0.39, 0.29) is 18.5 Å². The Bertz CT molecular complexity index is 409. The number of fused-ring (bicyclic) bond motifs is 1. The molecule has 76 valence electrons. The van der Waals surface area contributed by atoms with Gasteiger partial charge in [0.25, 0.3) is 5.92 Å². The van der Waals surface area contributed by atoms with Crippen LogP contribution in [0.1, 0.15) is 27.3 Å². The van der Waals surface area contributed by atoms with Crippen molar-refractivity contribution in [3.8, 4) is 0 Å². The first-order valence-electron chi connectivity index (χ1n) is 4.22. The lowest BCUT2D eigenvalue weighted by Crippen LogP contribution is -2.16. The van der Waals surface area contributed by atoms with E-state index in [0.717, 1.165) is 0 Å². The van der Waals surface area contributed by atoms with Gasteiger partial charge in [-0.1, -0.05) is 0 Å². The fourth-order valence-corrected chi connectivity index (χ4v) is 1.88. The average molecular weight is 201 g/mol. The van der Waals surface area contributed by atoms with Crippen molar-refractivity contribution in [3.63, 3.8) is 0 Å². The maximum absolute atomic E-state index is 12.9. The molecule has 0 amide bonds. The molecular weight excluding hydrogens is 192 g/mol. The van der Waals surface area contributed by atoms with Crippen LogP contribution in [0.5, 0.6) is 0 Å². The molecule has 0 radical (unpaired) electrons. The Kier molecular flexibility index (Phi) is 1.68. The molecule has 2 rings (SSSR count). The van der Waals surface area contributed by atoms with E-state index in [9.17, 15) is 13.6 Å². The summed E-state index contributed by atoms with van der Waals surface area (Å²) in [5, 5.41) is 8.73. The second kappa shape index (κ2) is 2.56. The maximum atomic E-state index is 12.9. The first-order chi connectivity index (χ1) is 6.41. The van der Waals surface area contributed by atoms with E-state index in [1.54, 1.807) is 6.92 Å². The topological polar surface area (TPSA) is 53.1 Å². The minimum absolute atomic E-state index is 0.0329. The summed E-state index contributed by atoms with van der Waals surface area (Å²) in [6, 6.07) is 0. The molecule has 1 aromatic rings. The highest BCUT2D eigenvalue weighted by atomic mass is 19.3. The Morgan fingerprint density at radius 1 is 1.50 bits per heavy atom. The molecule has 0 spiro atoms. The minimum atomic E-state index is -2.72. The quantitative estimate of drug-likeness (QED) is 0.727. The highest BCUT2D eigenvalue weighted by molar-refractivity contribution is 5.88. The Morgan fingerprint density at radius 2 is 2.14 bits per heavy atom. The summed E-state index contributed by atoms with van der Waals surface area (Å²) < 4.78 is 25.8. The van der Waals surface area contributed by atoms with Crippen LogP contribution in [0.2, 0.25) is 0 Å². The van der Waals surface area contributed by atoms with Gasteiger partial charge in [-0.25, -0.2) is 13.6 Å². The van der Waals surface area contributed by atoms with Crippen molar-refractivity contribution >= 4 is 5.97 Å². The van der Waals surface area contributed by atoms with Gasteiger partial charge >= 0.3 is 5.97 Å². The molecule has 0 saturated carbocycles. The lowest BCUT2D eigenvalue weighted by atomic mass is 10.1. The van der Waals surface area contributed by atoms with E-state index in [4.69, 9.17) is 5.11 Å². The van der Waals surface area contributed by atoms with E-state index in [1.807, 2.05) is 0 Å². The van der Waals surface area contributed by atoms with Gasteiger partial charge in [0, 0.05) is 12.1 Å². The Morgan fingerprint density at radius 3 is 2.64 bits per heavy atom. The number of carboxylic acids is 1. The number of aromatic amines is 1. The summed E-state index contributed by atoms with van der Waals surface area (Å²) in [5.41, 5.74) is 1.30. The first kappa shape index (κ1) is 9.18. The highest BCUT2D eigenvalue weighted by Crippen LogP contribution is 2.36. The van der Waals surface area contributed by atoms with Crippen molar-refractivity contribution in [2.24, 2.45) is 0 Å². The molecule has 3 nitrogen and oxygen atoms in total. The number of carbonyl (C=O) groups is 1. The van der Waals surface area contributed by atoms with Crippen LogP contribution in [0.25, 0.3) is 0 Å². The van der Waals surface area contributed by atoms with Crippen LogP contribution in [0, 0.1) is 6.92 Å². The van der Waals surface area contributed by atoms with Gasteiger partial charge < -0.3 is 10.1 Å². The van der Waals surface area contributed by atoms with Gasteiger partial charge in [0.15, 0.2) is 0 Å². The van der Waals surface area contributed by atoms with Crippen molar-refractivity contribution in [3.05, 3.63) is 22.5 Å². The van der Waals surface area contributed by atoms with Crippen LogP contribution < -0.4 is 0 Å². The van der Waals surface area contributed by atoms with Crippen molar-refractivity contribution < 1.29 is 18.7 Å². The smallest absolute Gasteiger partial charge is 0.352 e. The molecular formula is C9H9F2NO2. The normalized spacial score (nSPS) is 18.2. The summed E-state index contributed by atoms with van der Waals surface area (Å²) in [6.45, 7) is 1.56. The molecule has 0 aromatic carbocycles. The third-order valence-corrected chi connectivity index (χ3v) is 2.55. The Hall–Kier alpha value is -1.39. The van der Waals surface area contributed by atoms with Gasteiger partial charge in [-0.15, -0.1) is 0 Å². The Balaban J connectivity index is 2.46. The fraction of sp³-hybridized carbons (Fsp3) is 0.444. The second-order valence-electron chi connectivity index (χ2n) is 3.60. The van der Waals surface area contributed by atoms with Gasteiger partial charge in [-0.3, -0.25) is 0 Å². The molecule has 2 N–H and O–H groups in total. The van der Waals surface area contributed by atoms with Gasteiger partial charge in [0.05, 0.1) is 6.42 Å². The average Bonchev–Trinajstić information content (AvgIpc) is 2.46. The zero-order chi connectivity index (χ0) is 10.5. The van der Waals surface area contributed by atoms with Crippen LogP contribution in [0.3, 0.4) is 0 Å². The molecule has 0 unspecified atom stereocenters. The number of H-pyrrole nitrogens is 1. The third-order valence-electron chi connectivity index (χ3n) is 2.55. The predicted octanol–water partition coefficient (Wildman–Crippen LogP) is 1.76. The molecule has 0 aliphatic heterocycles. The van der Waals surface area contributed by atoms with Crippen molar-refractivity contribution in [2.75, 3.05) is 0 Å². The number of hydrogen-bond donors (Lipinski definition) is 2. The minimum Gasteiger partial charge on any atom is -0.477 e. The first-order valence-corrected chi connectivity index (χ1v) is 4.22. The lowest BCUT2D eigenvalue weighted by Gasteiger charge is -2.06. The van der Waals surface area contributed by atoms with Crippen LogP contribution in [-0.4, -0.2) is 22.0 Å². The number of alkyl halides is 2. The molecule has 1 aliphatic carbocycles. The van der Waals surface area contributed by atoms with Crippen LogP contribution >= 0.6 is 0 Å². The van der Waals surface area contributed by atoms with Gasteiger partial charge in [-0.05, 0) is 18.1 Å². The standard InChI is InChI=1S/C9H9F2NO2/c1-4-5-2-9(10,11)3-6(5)12-7(4)8(13)14/h12H,2-3H2,1H3,(H,13,14). The number of nitrogens with one attached hydrogen (secondary N) is 1. The summed E-state index contributed by atoms with van der Waals surface area (Å²) >= 11 is 0. The van der Waals surface area contributed by atoms with Crippen LogP contribution in [0.15, 0.2) is 0 Å². The number of carboxylic acid groups (broad SMARTS) is 1. The van der Waals surface area contributed by atoms with E-state index in [2.05, 4.69) is 4.98 Å². The van der Waals surface area contributed by atoms with Crippen LogP contribution in [-0.2, 0) is 12.8 Å². The molecule has 14 heavy (non-hydrogen) atoms. The molecule has 0 saturated heterocycles. The van der Waals surface area contributed by atoms with E-state index < -0.39 is 11.9 Å². The zero-order valence-electron chi connectivity index (χ0n) is 7.53. The number of aromatic nitrogens is 1. The summed E-state index contributed by atoms with van der Waals surface area (Å²) in [6.07, 6.45) is -0.728. The predicted molar refractivity (Wildman–Crippen MR) is 44.8 cm³/mol. The van der Waals surface area contributed by atoms with E-state index in [0.29, 0.717) is 16.8 Å². The molecule has 5 heteroatoms. The van der Waals surface area contributed by atoms with Crippen molar-refractivity contribution in [2.45, 2.75) is 25.7 Å². The second-order valence-corrected chi connectivity index (χ2v) is 3.60. The summed E-state index contributed by atoms with van der Waals surface area (Å²) in [5.74, 6) is -3.82. The van der Waals surface area contributed by atoms with Crippen molar-refractivity contribution in [1.82, 2.24) is 4.98 Å². The van der Waals surface area contributed by atoms with E-state index in [1.165, 1.54) is 0 Å². The molecule has 1 aliphatic rings. The highest BCUT2D eigenvalue weighted by Gasteiger charge is 2.40. The van der Waals surface area contributed by atoms with Gasteiger partial charge in [0.2, 0.25) is 0 Å². The molecule has 1 aromatic heterocycles. The molecule has 0 bridgehead atoms.